The molecule has 122 valence electrons. The summed E-state index contributed by atoms with van der Waals surface area (Å²) in [4.78, 5) is 21.4. The number of hydrogen-bond acceptors (Lipinski definition) is 7. The van der Waals surface area contributed by atoms with E-state index in [2.05, 4.69) is 15.0 Å². The third-order valence-corrected chi connectivity index (χ3v) is 3.60. The SMILES string of the molecule is C#C[C@]1(O)C(n2cnc3c(=O)[nH]c(N)nc32)O[C@](F)(CO)[C@H]1F. The molecule has 1 aliphatic heterocycles. The number of aliphatic hydroxyl groups is 2. The number of hydrogen-bond donors (Lipinski definition) is 4. The average Bonchev–Trinajstić information content (AvgIpc) is 3.01. The Morgan fingerprint density at radius 3 is 2.96 bits per heavy atom. The molecule has 0 saturated carbocycles. The van der Waals surface area contributed by atoms with Crippen LogP contribution in [0.1, 0.15) is 6.23 Å². The molecule has 1 fully saturated rings. The Morgan fingerprint density at radius 2 is 2.35 bits per heavy atom. The van der Waals surface area contributed by atoms with Crippen LogP contribution in [-0.4, -0.2) is 54.0 Å². The van der Waals surface area contributed by atoms with Crippen LogP contribution in [0.2, 0.25) is 0 Å². The van der Waals surface area contributed by atoms with E-state index in [1.165, 1.54) is 0 Å². The summed E-state index contributed by atoms with van der Waals surface area (Å²) in [5.41, 5.74) is 1.57. The highest BCUT2D eigenvalue weighted by molar-refractivity contribution is 5.70. The van der Waals surface area contributed by atoms with Crippen molar-refractivity contribution in [2.45, 2.75) is 23.9 Å². The number of rotatable bonds is 2. The number of fused-ring (bicyclic) bond motifs is 1. The van der Waals surface area contributed by atoms with Crippen LogP contribution < -0.4 is 11.3 Å². The summed E-state index contributed by atoms with van der Waals surface area (Å²) in [5.74, 6) is -1.78. The molecular weight excluding hydrogens is 316 g/mol. The Kier molecular flexibility index (Phi) is 3.15. The van der Waals surface area contributed by atoms with Crippen molar-refractivity contribution >= 4 is 17.1 Å². The normalized spacial score (nSPS) is 33.9. The van der Waals surface area contributed by atoms with Crippen LogP contribution >= 0.6 is 0 Å². The summed E-state index contributed by atoms with van der Waals surface area (Å²) >= 11 is 0. The van der Waals surface area contributed by atoms with Crippen LogP contribution in [0, 0.1) is 12.3 Å². The van der Waals surface area contributed by atoms with Crippen molar-refractivity contribution in [2.75, 3.05) is 12.3 Å². The smallest absolute Gasteiger partial charge is 0.280 e. The highest BCUT2D eigenvalue weighted by Gasteiger charge is 2.66. The van der Waals surface area contributed by atoms with Gasteiger partial charge in [-0.15, -0.1) is 6.42 Å². The van der Waals surface area contributed by atoms with Crippen LogP contribution in [-0.2, 0) is 4.74 Å². The van der Waals surface area contributed by atoms with E-state index in [-0.39, 0.29) is 17.1 Å². The molecule has 1 aliphatic rings. The maximum Gasteiger partial charge on any atom is 0.280 e. The van der Waals surface area contributed by atoms with E-state index in [4.69, 9.17) is 22.0 Å². The van der Waals surface area contributed by atoms with Crippen LogP contribution in [0.5, 0.6) is 0 Å². The highest BCUT2D eigenvalue weighted by Crippen LogP contribution is 2.47. The summed E-state index contributed by atoms with van der Waals surface area (Å²) in [7, 11) is 0. The number of aliphatic hydroxyl groups excluding tert-OH is 1. The lowest BCUT2D eigenvalue weighted by Crippen LogP contribution is -2.47. The second-order valence-electron chi connectivity index (χ2n) is 5.02. The number of aromatic nitrogens is 4. The number of nitrogens with zero attached hydrogens (tertiary/aromatic N) is 3. The van der Waals surface area contributed by atoms with Gasteiger partial charge in [-0.05, 0) is 0 Å². The minimum absolute atomic E-state index is 0.195. The number of nitrogens with two attached hydrogens (primary N) is 1. The van der Waals surface area contributed by atoms with Crippen molar-refractivity contribution < 1.29 is 23.7 Å². The molecule has 2 aromatic rings. The maximum absolute atomic E-state index is 14.3. The molecule has 5 N–H and O–H groups in total. The molecule has 1 unspecified atom stereocenters. The zero-order valence-corrected chi connectivity index (χ0v) is 11.4. The van der Waals surface area contributed by atoms with Gasteiger partial charge in [0.05, 0.1) is 6.33 Å². The molecule has 0 aliphatic carbocycles. The molecule has 9 nitrogen and oxygen atoms in total. The zero-order chi connectivity index (χ0) is 17.0. The third kappa shape index (κ3) is 1.93. The van der Waals surface area contributed by atoms with E-state index in [9.17, 15) is 18.7 Å². The first-order valence-electron chi connectivity index (χ1n) is 6.31. The summed E-state index contributed by atoms with van der Waals surface area (Å²) < 4.78 is 34.2. The maximum atomic E-state index is 14.3. The molecule has 3 rings (SSSR count). The van der Waals surface area contributed by atoms with Gasteiger partial charge >= 0.3 is 0 Å². The molecule has 23 heavy (non-hydrogen) atoms. The van der Waals surface area contributed by atoms with Gasteiger partial charge in [0, 0.05) is 0 Å². The Balaban J connectivity index is 2.22. The first-order chi connectivity index (χ1) is 10.8. The number of imidazole rings is 1. The molecule has 1 saturated heterocycles. The molecule has 0 radical (unpaired) electrons. The van der Waals surface area contributed by atoms with Crippen LogP contribution in [0.15, 0.2) is 11.1 Å². The monoisotopic (exact) mass is 327 g/mol. The molecule has 11 heteroatoms. The van der Waals surface area contributed by atoms with E-state index >= 15 is 0 Å². The minimum Gasteiger partial charge on any atom is -0.390 e. The van der Waals surface area contributed by atoms with E-state index in [1.54, 1.807) is 5.92 Å². The number of alkyl halides is 2. The Labute approximate surface area is 126 Å². The molecule has 3 heterocycles. The number of aromatic amines is 1. The summed E-state index contributed by atoms with van der Waals surface area (Å²) in [6, 6.07) is 0. The van der Waals surface area contributed by atoms with Gasteiger partial charge in [0.1, 0.15) is 6.61 Å². The van der Waals surface area contributed by atoms with Crippen molar-refractivity contribution in [3.8, 4) is 12.3 Å². The molecule has 0 amide bonds. The molecular formula is C12H11F2N5O4. The van der Waals surface area contributed by atoms with Crippen LogP contribution in [0.3, 0.4) is 0 Å². The lowest BCUT2D eigenvalue weighted by Gasteiger charge is -2.24. The average molecular weight is 327 g/mol. The zero-order valence-electron chi connectivity index (χ0n) is 11.4. The largest absolute Gasteiger partial charge is 0.390 e. The minimum atomic E-state index is -3.23. The fourth-order valence-corrected chi connectivity index (χ4v) is 2.43. The lowest BCUT2D eigenvalue weighted by molar-refractivity contribution is -0.195. The number of anilines is 1. The van der Waals surface area contributed by atoms with Gasteiger partial charge in [-0.25, -0.2) is 13.8 Å². The Morgan fingerprint density at radius 1 is 1.65 bits per heavy atom. The van der Waals surface area contributed by atoms with E-state index in [1.807, 2.05) is 0 Å². The van der Waals surface area contributed by atoms with Gasteiger partial charge in [0.25, 0.3) is 11.4 Å². The Bertz CT molecular complexity index is 876. The first kappa shape index (κ1) is 15.3. The molecule has 2 aromatic heterocycles. The van der Waals surface area contributed by atoms with Gasteiger partial charge in [0.2, 0.25) is 17.7 Å². The quantitative estimate of drug-likeness (QED) is 0.497. The van der Waals surface area contributed by atoms with Gasteiger partial charge in [-0.1, -0.05) is 5.92 Å². The number of H-pyrrole nitrogens is 1. The van der Waals surface area contributed by atoms with Crippen LogP contribution in [0.25, 0.3) is 11.2 Å². The van der Waals surface area contributed by atoms with Crippen molar-refractivity contribution in [2.24, 2.45) is 0 Å². The second-order valence-corrected chi connectivity index (χ2v) is 5.02. The van der Waals surface area contributed by atoms with Crippen molar-refractivity contribution in [3.63, 3.8) is 0 Å². The second kappa shape index (κ2) is 4.72. The summed E-state index contributed by atoms with van der Waals surface area (Å²) in [6.45, 7) is -1.38. The van der Waals surface area contributed by atoms with Crippen molar-refractivity contribution in [3.05, 3.63) is 16.7 Å². The number of ether oxygens (including phenoxy) is 1. The standard InChI is InChI=1S/C12H11F2N5O4/c1-2-11(22)8(13)12(14,3-20)23-9(11)19-4-16-5-6(19)17-10(15)18-7(5)21/h1,4,8-9,20,22H,3H2,(H3,15,17,18,21)/t8-,9?,11+,12+/m0/s1. The van der Waals surface area contributed by atoms with Gasteiger partial charge in [-0.3, -0.25) is 14.3 Å². The number of terminal acetylenes is 1. The molecule has 4 atom stereocenters. The summed E-state index contributed by atoms with van der Waals surface area (Å²) in [5, 5.41) is 19.3. The predicted octanol–water partition coefficient (Wildman–Crippen LogP) is -1.41. The van der Waals surface area contributed by atoms with E-state index in [0.29, 0.717) is 0 Å². The number of nitrogen functional groups attached to an aromatic ring is 1. The fourth-order valence-electron chi connectivity index (χ4n) is 2.43. The topological polar surface area (TPSA) is 139 Å². The Hall–Kier alpha value is -2.55. The van der Waals surface area contributed by atoms with Crippen molar-refractivity contribution in [1.82, 2.24) is 19.5 Å². The molecule has 0 spiro atoms. The van der Waals surface area contributed by atoms with Gasteiger partial charge in [-0.2, -0.15) is 4.98 Å². The summed E-state index contributed by atoms with van der Waals surface area (Å²) in [6.07, 6.45) is 1.52. The van der Waals surface area contributed by atoms with Crippen LogP contribution in [0.4, 0.5) is 14.7 Å². The first-order valence-corrected chi connectivity index (χ1v) is 6.31. The molecule has 0 bridgehead atoms. The number of halogens is 2. The number of nitrogens with one attached hydrogen (secondary N) is 1. The van der Waals surface area contributed by atoms with E-state index in [0.717, 1.165) is 10.9 Å². The third-order valence-electron chi connectivity index (χ3n) is 3.60. The van der Waals surface area contributed by atoms with Gasteiger partial charge < -0.3 is 20.7 Å². The van der Waals surface area contributed by atoms with E-state index < -0.39 is 36.0 Å². The highest BCUT2D eigenvalue weighted by atomic mass is 19.2. The van der Waals surface area contributed by atoms with Crippen molar-refractivity contribution in [1.29, 1.82) is 0 Å². The fraction of sp³-hybridized carbons (Fsp3) is 0.417. The lowest BCUT2D eigenvalue weighted by atomic mass is 9.95. The predicted molar refractivity (Wildman–Crippen MR) is 72.3 cm³/mol. The van der Waals surface area contributed by atoms with Gasteiger partial charge in [0.15, 0.2) is 17.4 Å². The molecule has 0 aromatic carbocycles.